The summed E-state index contributed by atoms with van der Waals surface area (Å²) < 4.78 is 5.75. The fourth-order valence-electron chi connectivity index (χ4n) is 2.72. The summed E-state index contributed by atoms with van der Waals surface area (Å²) in [6.45, 7) is 2.81. The number of carbonyl (C=O) groups is 1. The van der Waals surface area contributed by atoms with Gasteiger partial charge in [-0.25, -0.2) is 0 Å². The minimum absolute atomic E-state index is 0.0254. The number of carbonyl (C=O) groups excluding carboxylic acids is 1. The Balaban J connectivity index is 1.96. The third-order valence-corrected chi connectivity index (χ3v) is 3.99. The van der Waals surface area contributed by atoms with Gasteiger partial charge in [0, 0.05) is 12.0 Å². The molecule has 0 aromatic heterocycles. The summed E-state index contributed by atoms with van der Waals surface area (Å²) in [6.07, 6.45) is 5.88. The lowest BCUT2D eigenvalue weighted by Crippen LogP contribution is -2.34. The average molecular weight is 290 g/mol. The van der Waals surface area contributed by atoms with Gasteiger partial charge in [0.25, 0.3) is 0 Å². The Morgan fingerprint density at radius 2 is 2.19 bits per heavy atom. The molecule has 2 unspecified atom stereocenters. The summed E-state index contributed by atoms with van der Waals surface area (Å²) in [5, 5.41) is 3.01. The summed E-state index contributed by atoms with van der Waals surface area (Å²) in [5.41, 5.74) is 6.72. The molecule has 1 aliphatic rings. The predicted octanol–water partition coefficient (Wildman–Crippen LogP) is 3.32. The molecule has 0 saturated heterocycles. The Labute approximate surface area is 127 Å². The molecule has 2 atom stereocenters. The van der Waals surface area contributed by atoms with E-state index in [9.17, 15) is 4.79 Å². The summed E-state index contributed by atoms with van der Waals surface area (Å²) >= 11 is 0. The molecule has 1 aromatic carbocycles. The van der Waals surface area contributed by atoms with Gasteiger partial charge in [-0.3, -0.25) is 4.79 Å². The molecule has 1 aliphatic carbocycles. The number of hydrogen-bond acceptors (Lipinski definition) is 3. The zero-order valence-electron chi connectivity index (χ0n) is 12.8. The van der Waals surface area contributed by atoms with Crippen molar-refractivity contribution in [2.45, 2.75) is 51.5 Å². The van der Waals surface area contributed by atoms with Crippen LogP contribution in [0.2, 0.25) is 0 Å². The highest BCUT2D eigenvalue weighted by Gasteiger charge is 2.25. The van der Waals surface area contributed by atoms with Crippen molar-refractivity contribution in [2.24, 2.45) is 11.7 Å². The van der Waals surface area contributed by atoms with Crippen LogP contribution < -0.4 is 15.8 Å². The molecule has 0 heterocycles. The topological polar surface area (TPSA) is 64.3 Å². The molecule has 1 aromatic rings. The molecule has 0 radical (unpaired) electrons. The lowest BCUT2D eigenvalue weighted by atomic mass is 9.85. The number of para-hydroxylation sites is 2. The number of nitrogens with two attached hydrogens (primary N) is 1. The Morgan fingerprint density at radius 1 is 1.38 bits per heavy atom. The van der Waals surface area contributed by atoms with Crippen LogP contribution >= 0.6 is 0 Å². The van der Waals surface area contributed by atoms with Gasteiger partial charge in [0.05, 0.1) is 12.3 Å². The van der Waals surface area contributed by atoms with Crippen molar-refractivity contribution in [1.29, 1.82) is 0 Å². The van der Waals surface area contributed by atoms with E-state index in [1.54, 1.807) is 0 Å². The summed E-state index contributed by atoms with van der Waals surface area (Å²) in [5.74, 6) is 0.841. The Bertz CT molecular complexity index is 462. The van der Waals surface area contributed by atoms with E-state index in [1.165, 1.54) is 0 Å². The molecule has 0 aliphatic heterocycles. The molecule has 1 fully saturated rings. The van der Waals surface area contributed by atoms with Crippen molar-refractivity contribution in [3.05, 3.63) is 24.3 Å². The number of ether oxygens (including phenoxy) is 1. The van der Waals surface area contributed by atoms with Crippen LogP contribution in [0, 0.1) is 5.92 Å². The zero-order chi connectivity index (χ0) is 15.1. The molecule has 0 bridgehead atoms. The van der Waals surface area contributed by atoms with Crippen LogP contribution in [0.25, 0.3) is 0 Å². The predicted molar refractivity (Wildman–Crippen MR) is 85.4 cm³/mol. The van der Waals surface area contributed by atoms with E-state index in [0.717, 1.165) is 50.0 Å². The van der Waals surface area contributed by atoms with Crippen LogP contribution in [0.4, 0.5) is 5.69 Å². The standard InChI is InChI=1S/C17H26N2O2/c1-2-3-11-21-16-10-5-4-9-15(16)19-17(20)13-7-6-8-14(18)12-13/h4-5,9-10,13-14H,2-3,6-8,11-12,18H2,1H3,(H,19,20). The second kappa shape index (κ2) is 8.03. The Hall–Kier alpha value is -1.55. The summed E-state index contributed by atoms with van der Waals surface area (Å²) in [7, 11) is 0. The molecule has 116 valence electrons. The summed E-state index contributed by atoms with van der Waals surface area (Å²) in [4.78, 5) is 12.4. The first kappa shape index (κ1) is 15.8. The van der Waals surface area contributed by atoms with Crippen LogP contribution in [0.15, 0.2) is 24.3 Å². The van der Waals surface area contributed by atoms with E-state index in [4.69, 9.17) is 10.5 Å². The number of hydrogen-bond donors (Lipinski definition) is 2. The second-order valence-electron chi connectivity index (χ2n) is 5.81. The first-order chi connectivity index (χ1) is 10.2. The van der Waals surface area contributed by atoms with Gasteiger partial charge in [-0.05, 0) is 37.8 Å². The third-order valence-electron chi connectivity index (χ3n) is 3.99. The normalized spacial score (nSPS) is 21.8. The van der Waals surface area contributed by atoms with E-state index in [-0.39, 0.29) is 17.9 Å². The number of anilines is 1. The fourth-order valence-corrected chi connectivity index (χ4v) is 2.72. The van der Waals surface area contributed by atoms with Gasteiger partial charge in [0.2, 0.25) is 5.91 Å². The minimum Gasteiger partial charge on any atom is -0.491 e. The van der Waals surface area contributed by atoms with Crippen molar-refractivity contribution in [3.63, 3.8) is 0 Å². The van der Waals surface area contributed by atoms with Crippen LogP contribution in [0.5, 0.6) is 5.75 Å². The number of amides is 1. The fraction of sp³-hybridized carbons (Fsp3) is 0.588. The van der Waals surface area contributed by atoms with Crippen molar-refractivity contribution in [1.82, 2.24) is 0 Å². The first-order valence-electron chi connectivity index (χ1n) is 7.99. The van der Waals surface area contributed by atoms with Gasteiger partial charge in [-0.15, -0.1) is 0 Å². The maximum absolute atomic E-state index is 12.4. The molecule has 4 nitrogen and oxygen atoms in total. The van der Waals surface area contributed by atoms with E-state index >= 15 is 0 Å². The highest BCUT2D eigenvalue weighted by atomic mass is 16.5. The van der Waals surface area contributed by atoms with Gasteiger partial charge in [-0.1, -0.05) is 31.9 Å². The first-order valence-corrected chi connectivity index (χ1v) is 7.99. The van der Waals surface area contributed by atoms with Crippen LogP contribution in [-0.2, 0) is 4.79 Å². The average Bonchev–Trinajstić information content (AvgIpc) is 2.49. The number of rotatable bonds is 6. The summed E-state index contributed by atoms with van der Waals surface area (Å²) in [6, 6.07) is 7.79. The molecule has 4 heteroatoms. The number of nitrogens with one attached hydrogen (secondary N) is 1. The van der Waals surface area contributed by atoms with E-state index < -0.39 is 0 Å². The van der Waals surface area contributed by atoms with E-state index in [2.05, 4.69) is 12.2 Å². The van der Waals surface area contributed by atoms with Gasteiger partial charge in [0.15, 0.2) is 0 Å². The monoisotopic (exact) mass is 290 g/mol. The highest BCUT2D eigenvalue weighted by Crippen LogP contribution is 2.28. The second-order valence-corrected chi connectivity index (χ2v) is 5.81. The van der Waals surface area contributed by atoms with E-state index in [1.807, 2.05) is 24.3 Å². The zero-order valence-corrected chi connectivity index (χ0v) is 12.8. The van der Waals surface area contributed by atoms with Crippen LogP contribution in [0.1, 0.15) is 45.4 Å². The quantitative estimate of drug-likeness (QED) is 0.790. The number of benzene rings is 1. The molecule has 1 saturated carbocycles. The highest BCUT2D eigenvalue weighted by molar-refractivity contribution is 5.94. The van der Waals surface area contributed by atoms with Gasteiger partial charge in [0.1, 0.15) is 5.75 Å². The molecule has 3 N–H and O–H groups in total. The number of unbranched alkanes of at least 4 members (excludes halogenated alkanes) is 1. The SMILES string of the molecule is CCCCOc1ccccc1NC(=O)C1CCCC(N)C1. The Morgan fingerprint density at radius 3 is 2.95 bits per heavy atom. The third kappa shape index (κ3) is 4.74. The smallest absolute Gasteiger partial charge is 0.227 e. The van der Waals surface area contributed by atoms with Crippen molar-refractivity contribution < 1.29 is 9.53 Å². The van der Waals surface area contributed by atoms with Crippen molar-refractivity contribution in [2.75, 3.05) is 11.9 Å². The maximum atomic E-state index is 12.4. The molecule has 0 spiro atoms. The molecule has 2 rings (SSSR count). The maximum Gasteiger partial charge on any atom is 0.227 e. The molecule has 1 amide bonds. The van der Waals surface area contributed by atoms with Gasteiger partial charge in [-0.2, -0.15) is 0 Å². The lowest BCUT2D eigenvalue weighted by Gasteiger charge is -2.26. The molecular weight excluding hydrogens is 264 g/mol. The van der Waals surface area contributed by atoms with Crippen LogP contribution in [-0.4, -0.2) is 18.6 Å². The lowest BCUT2D eigenvalue weighted by molar-refractivity contribution is -0.120. The van der Waals surface area contributed by atoms with Gasteiger partial charge < -0.3 is 15.8 Å². The van der Waals surface area contributed by atoms with Crippen LogP contribution in [0.3, 0.4) is 0 Å². The van der Waals surface area contributed by atoms with Crippen molar-refractivity contribution in [3.8, 4) is 5.75 Å². The molecule has 21 heavy (non-hydrogen) atoms. The molecular formula is C17H26N2O2. The largest absolute Gasteiger partial charge is 0.491 e. The van der Waals surface area contributed by atoms with E-state index in [0.29, 0.717) is 6.61 Å². The Kier molecular flexibility index (Phi) is 6.05. The van der Waals surface area contributed by atoms with Crippen molar-refractivity contribution >= 4 is 11.6 Å². The minimum atomic E-state index is 0.0254. The van der Waals surface area contributed by atoms with Gasteiger partial charge >= 0.3 is 0 Å².